The quantitative estimate of drug-likeness (QED) is 0.918. The molecule has 2 aromatic rings. The summed E-state index contributed by atoms with van der Waals surface area (Å²) in [5, 5.41) is 0. The third kappa shape index (κ3) is 2.67. The van der Waals surface area contributed by atoms with Crippen LogP contribution in [0, 0.1) is 20.8 Å². The minimum Gasteiger partial charge on any atom is -0.494 e. The van der Waals surface area contributed by atoms with Gasteiger partial charge in [0.05, 0.1) is 23.7 Å². The molecule has 0 amide bonds. The summed E-state index contributed by atoms with van der Waals surface area (Å²) in [6.07, 6.45) is 0. The van der Waals surface area contributed by atoms with Gasteiger partial charge in [0.2, 0.25) is 0 Å². The molecule has 0 aliphatic heterocycles. The molecule has 0 saturated carbocycles. The van der Waals surface area contributed by atoms with Gasteiger partial charge in [-0.1, -0.05) is 0 Å². The Labute approximate surface area is 113 Å². The molecule has 0 unspecified atom stereocenters. The Kier molecular flexibility index (Phi) is 3.69. The average Bonchev–Trinajstić information content (AvgIpc) is 2.36. The molecule has 0 aliphatic carbocycles. The van der Waals surface area contributed by atoms with Crippen LogP contribution in [0.1, 0.15) is 24.0 Å². The van der Waals surface area contributed by atoms with E-state index in [9.17, 15) is 0 Å². The SMILES string of the molecule is CCOc1ccc(-c2nc(C)nc(C)c2N)cc1C. The van der Waals surface area contributed by atoms with E-state index in [4.69, 9.17) is 10.5 Å². The van der Waals surface area contributed by atoms with Crippen molar-refractivity contribution in [2.24, 2.45) is 0 Å². The maximum atomic E-state index is 6.07. The van der Waals surface area contributed by atoms with Crippen LogP contribution in [0.2, 0.25) is 0 Å². The number of hydrogen-bond acceptors (Lipinski definition) is 4. The molecular weight excluding hydrogens is 238 g/mol. The van der Waals surface area contributed by atoms with Crippen molar-refractivity contribution in [1.29, 1.82) is 0 Å². The summed E-state index contributed by atoms with van der Waals surface area (Å²) in [6, 6.07) is 5.98. The lowest BCUT2D eigenvalue weighted by Crippen LogP contribution is -2.02. The van der Waals surface area contributed by atoms with Gasteiger partial charge >= 0.3 is 0 Å². The normalized spacial score (nSPS) is 10.5. The third-order valence-corrected chi connectivity index (χ3v) is 3.00. The molecule has 0 saturated heterocycles. The Hall–Kier alpha value is -2.10. The van der Waals surface area contributed by atoms with Crippen LogP contribution in [-0.2, 0) is 0 Å². The molecule has 0 fully saturated rings. The number of benzene rings is 1. The van der Waals surface area contributed by atoms with Gasteiger partial charge in [-0.15, -0.1) is 0 Å². The number of hydrogen-bond donors (Lipinski definition) is 1. The van der Waals surface area contributed by atoms with Crippen molar-refractivity contribution >= 4 is 5.69 Å². The summed E-state index contributed by atoms with van der Waals surface area (Å²) in [5.41, 5.74) is 10.4. The summed E-state index contributed by atoms with van der Waals surface area (Å²) in [6.45, 7) is 8.43. The van der Waals surface area contributed by atoms with Gasteiger partial charge < -0.3 is 10.5 Å². The maximum absolute atomic E-state index is 6.07. The molecule has 100 valence electrons. The monoisotopic (exact) mass is 257 g/mol. The zero-order valence-electron chi connectivity index (χ0n) is 11.8. The van der Waals surface area contributed by atoms with E-state index in [1.807, 2.05) is 45.9 Å². The first-order valence-electron chi connectivity index (χ1n) is 6.37. The van der Waals surface area contributed by atoms with Gasteiger partial charge in [0, 0.05) is 5.56 Å². The minimum atomic E-state index is 0.633. The van der Waals surface area contributed by atoms with Crippen molar-refractivity contribution in [2.45, 2.75) is 27.7 Å². The number of nitrogens with zero attached hydrogens (tertiary/aromatic N) is 2. The molecule has 1 heterocycles. The number of aromatic nitrogens is 2. The average molecular weight is 257 g/mol. The highest BCUT2D eigenvalue weighted by Crippen LogP contribution is 2.29. The first-order valence-corrected chi connectivity index (χ1v) is 6.37. The fraction of sp³-hybridized carbons (Fsp3) is 0.333. The van der Waals surface area contributed by atoms with Crippen molar-refractivity contribution < 1.29 is 4.74 Å². The highest BCUT2D eigenvalue weighted by molar-refractivity contribution is 5.74. The highest BCUT2D eigenvalue weighted by atomic mass is 16.5. The van der Waals surface area contributed by atoms with E-state index in [1.165, 1.54) is 0 Å². The molecular formula is C15H19N3O. The molecule has 0 radical (unpaired) electrons. The Balaban J connectivity index is 2.51. The van der Waals surface area contributed by atoms with Crippen molar-refractivity contribution in [1.82, 2.24) is 9.97 Å². The van der Waals surface area contributed by atoms with E-state index in [1.54, 1.807) is 0 Å². The Bertz CT molecular complexity index is 609. The number of nitrogen functional groups attached to an aromatic ring is 1. The largest absolute Gasteiger partial charge is 0.494 e. The summed E-state index contributed by atoms with van der Waals surface area (Å²) in [7, 11) is 0. The van der Waals surface area contributed by atoms with Gasteiger partial charge in [-0.2, -0.15) is 0 Å². The van der Waals surface area contributed by atoms with Crippen LogP contribution in [0.3, 0.4) is 0 Å². The van der Waals surface area contributed by atoms with Crippen molar-refractivity contribution in [3.05, 3.63) is 35.3 Å². The van der Waals surface area contributed by atoms with Crippen LogP contribution in [0.15, 0.2) is 18.2 Å². The third-order valence-electron chi connectivity index (χ3n) is 3.00. The van der Waals surface area contributed by atoms with E-state index in [-0.39, 0.29) is 0 Å². The Morgan fingerprint density at radius 3 is 2.53 bits per heavy atom. The Morgan fingerprint density at radius 2 is 1.89 bits per heavy atom. The molecule has 19 heavy (non-hydrogen) atoms. The van der Waals surface area contributed by atoms with Gasteiger partial charge in [-0.25, -0.2) is 9.97 Å². The predicted molar refractivity (Wildman–Crippen MR) is 77.3 cm³/mol. The maximum Gasteiger partial charge on any atom is 0.126 e. The first-order chi connectivity index (χ1) is 9.02. The summed E-state index contributed by atoms with van der Waals surface area (Å²) in [4.78, 5) is 8.71. The molecule has 0 spiro atoms. The van der Waals surface area contributed by atoms with Gasteiger partial charge in [-0.05, 0) is 51.5 Å². The van der Waals surface area contributed by atoms with E-state index >= 15 is 0 Å². The zero-order chi connectivity index (χ0) is 14.0. The van der Waals surface area contributed by atoms with E-state index in [0.29, 0.717) is 12.3 Å². The lowest BCUT2D eigenvalue weighted by Gasteiger charge is -2.11. The van der Waals surface area contributed by atoms with E-state index in [2.05, 4.69) is 9.97 Å². The zero-order valence-corrected chi connectivity index (χ0v) is 11.8. The van der Waals surface area contributed by atoms with Crippen molar-refractivity contribution in [3.63, 3.8) is 0 Å². The van der Waals surface area contributed by atoms with Gasteiger partial charge in [-0.3, -0.25) is 0 Å². The number of aryl methyl sites for hydroxylation is 3. The molecule has 2 N–H and O–H groups in total. The highest BCUT2D eigenvalue weighted by Gasteiger charge is 2.10. The molecule has 0 bridgehead atoms. The Morgan fingerprint density at radius 1 is 1.16 bits per heavy atom. The number of rotatable bonds is 3. The summed E-state index contributed by atoms with van der Waals surface area (Å²) in [5.74, 6) is 1.63. The lowest BCUT2D eigenvalue weighted by molar-refractivity contribution is 0.338. The second kappa shape index (κ2) is 5.26. The first kappa shape index (κ1) is 13.3. The van der Waals surface area contributed by atoms with Crippen LogP contribution in [0.4, 0.5) is 5.69 Å². The number of anilines is 1. The van der Waals surface area contributed by atoms with Crippen LogP contribution in [-0.4, -0.2) is 16.6 Å². The fourth-order valence-corrected chi connectivity index (χ4v) is 2.06. The topological polar surface area (TPSA) is 61.0 Å². The molecule has 1 aromatic heterocycles. The number of nitrogens with two attached hydrogens (primary N) is 1. The molecule has 0 aliphatic rings. The van der Waals surface area contributed by atoms with E-state index < -0.39 is 0 Å². The van der Waals surface area contributed by atoms with E-state index in [0.717, 1.165) is 34.1 Å². The smallest absolute Gasteiger partial charge is 0.126 e. The van der Waals surface area contributed by atoms with Crippen LogP contribution < -0.4 is 10.5 Å². The number of ether oxygens (including phenoxy) is 1. The van der Waals surface area contributed by atoms with Crippen molar-refractivity contribution in [2.75, 3.05) is 12.3 Å². The van der Waals surface area contributed by atoms with Crippen LogP contribution in [0.25, 0.3) is 11.3 Å². The standard InChI is InChI=1S/C15H19N3O/c1-5-19-13-7-6-12(8-9(13)2)15-14(16)10(3)17-11(4)18-15/h6-8H,5,16H2,1-4H3. The molecule has 2 rings (SSSR count). The van der Waals surface area contributed by atoms with Gasteiger partial charge in [0.1, 0.15) is 11.6 Å². The fourth-order valence-electron chi connectivity index (χ4n) is 2.06. The lowest BCUT2D eigenvalue weighted by atomic mass is 10.1. The van der Waals surface area contributed by atoms with Gasteiger partial charge in [0.15, 0.2) is 0 Å². The van der Waals surface area contributed by atoms with Crippen LogP contribution in [0.5, 0.6) is 5.75 Å². The minimum absolute atomic E-state index is 0.633. The summed E-state index contributed by atoms with van der Waals surface area (Å²) >= 11 is 0. The van der Waals surface area contributed by atoms with Crippen molar-refractivity contribution in [3.8, 4) is 17.0 Å². The molecule has 0 atom stereocenters. The molecule has 1 aromatic carbocycles. The van der Waals surface area contributed by atoms with Crippen LogP contribution >= 0.6 is 0 Å². The molecule has 4 nitrogen and oxygen atoms in total. The second-order valence-corrected chi connectivity index (χ2v) is 4.53. The summed E-state index contributed by atoms with van der Waals surface area (Å²) < 4.78 is 5.54. The molecule has 4 heteroatoms. The second-order valence-electron chi connectivity index (χ2n) is 4.53. The predicted octanol–water partition coefficient (Wildman–Crippen LogP) is 3.05. The van der Waals surface area contributed by atoms with Gasteiger partial charge in [0.25, 0.3) is 0 Å².